The van der Waals surface area contributed by atoms with E-state index in [1.54, 1.807) is 34.1 Å². The number of Topliss-reactive ketones (excluding diaryl/α,β-unsaturated/α-hetero) is 1. The topological polar surface area (TPSA) is 186 Å². The van der Waals surface area contributed by atoms with Gasteiger partial charge in [-0.15, -0.1) is 5.10 Å². The summed E-state index contributed by atoms with van der Waals surface area (Å²) in [7, 11) is -2.19. The van der Waals surface area contributed by atoms with Crippen LogP contribution in [0.3, 0.4) is 0 Å². The third kappa shape index (κ3) is 7.47. The van der Waals surface area contributed by atoms with Gasteiger partial charge in [0.2, 0.25) is 27.3 Å². The van der Waals surface area contributed by atoms with Crippen LogP contribution in [0.1, 0.15) is 56.6 Å². The second kappa shape index (κ2) is 15.6. The zero-order valence-corrected chi connectivity index (χ0v) is 34.0. The van der Waals surface area contributed by atoms with Crippen LogP contribution in [0.2, 0.25) is 0 Å². The fourth-order valence-electron chi connectivity index (χ4n) is 7.98. The number of aromatic nitrogens is 8. The van der Waals surface area contributed by atoms with Crippen molar-refractivity contribution < 1.29 is 27.1 Å². The summed E-state index contributed by atoms with van der Waals surface area (Å²) < 4.78 is 52.5. The van der Waals surface area contributed by atoms with Crippen molar-refractivity contribution >= 4 is 55.5 Å². The lowest BCUT2D eigenvalue weighted by Crippen LogP contribution is -2.39. The molecule has 4 aromatic heterocycles. The summed E-state index contributed by atoms with van der Waals surface area (Å²) in [6.07, 6.45) is 6.66. The van der Waals surface area contributed by atoms with Crippen molar-refractivity contribution in [2.24, 2.45) is 7.05 Å². The van der Waals surface area contributed by atoms with Crippen LogP contribution in [0.25, 0.3) is 27.8 Å². The molecule has 0 bridgehead atoms. The summed E-state index contributed by atoms with van der Waals surface area (Å²) in [6, 6.07) is 16.8. The number of rotatable bonds is 11. The average Bonchev–Trinajstić information content (AvgIpc) is 3.99. The Morgan fingerprint density at radius 2 is 1.82 bits per heavy atom. The summed E-state index contributed by atoms with van der Waals surface area (Å²) >= 11 is 0. The minimum atomic E-state index is -4.05. The average molecular weight is 832 g/mol. The fourth-order valence-corrected chi connectivity index (χ4v) is 9.32. The lowest BCUT2D eigenvalue weighted by Gasteiger charge is -2.32. The minimum Gasteiger partial charge on any atom is -0.485 e. The van der Waals surface area contributed by atoms with Gasteiger partial charge >= 0.3 is 0 Å². The van der Waals surface area contributed by atoms with Crippen molar-refractivity contribution in [3.05, 3.63) is 96.3 Å². The number of fused-ring (bicyclic) bond motifs is 2. The Hall–Kier alpha value is -6.53. The molecule has 2 aliphatic heterocycles. The number of hydrogen-bond acceptors (Lipinski definition) is 12. The Balaban J connectivity index is 0.857. The number of benzene rings is 3. The number of nitrogens with zero attached hydrogens (tertiary/aromatic N) is 9. The maximum Gasteiger partial charge on any atom is 0.247 e. The SMILES string of the molecule is CC(C)Oc1c(-c2cn[nH]c2)ncn2nc(Nc3ccc(S(=O)(=O)c4cccc(CN5CCC(c6ccc7c(N8CCC(=O)CC8=O)nn(C)c7c6)CC5)c4)cc3F)nc12. The third-order valence-corrected chi connectivity index (χ3v) is 12.8. The molecule has 0 spiro atoms. The number of sulfone groups is 1. The molecule has 308 valence electrons. The van der Waals surface area contributed by atoms with Gasteiger partial charge in [-0.3, -0.25) is 29.2 Å². The molecule has 0 atom stereocenters. The van der Waals surface area contributed by atoms with E-state index in [1.807, 2.05) is 33.0 Å². The van der Waals surface area contributed by atoms with Crippen molar-refractivity contribution in [1.82, 2.24) is 44.5 Å². The van der Waals surface area contributed by atoms with Crippen LogP contribution < -0.4 is 15.0 Å². The molecule has 2 fully saturated rings. The maximum absolute atomic E-state index is 15.6. The largest absolute Gasteiger partial charge is 0.485 e. The summed E-state index contributed by atoms with van der Waals surface area (Å²) in [6.45, 7) is 6.31. The number of hydrogen-bond donors (Lipinski definition) is 2. The molecule has 1 amide bonds. The lowest BCUT2D eigenvalue weighted by atomic mass is 9.89. The van der Waals surface area contributed by atoms with Crippen LogP contribution in [-0.4, -0.2) is 90.3 Å². The van der Waals surface area contributed by atoms with E-state index in [9.17, 15) is 18.0 Å². The molecule has 9 rings (SSSR count). The molecule has 0 radical (unpaired) electrons. The lowest BCUT2D eigenvalue weighted by molar-refractivity contribution is -0.128. The van der Waals surface area contributed by atoms with Crippen molar-refractivity contribution in [3.63, 3.8) is 0 Å². The van der Waals surface area contributed by atoms with Gasteiger partial charge in [-0.05, 0) is 99.3 Å². The maximum atomic E-state index is 15.6. The second-order valence-electron chi connectivity index (χ2n) is 15.5. The van der Waals surface area contributed by atoms with E-state index >= 15 is 4.39 Å². The highest BCUT2D eigenvalue weighted by Gasteiger charge is 2.30. The molecule has 3 aromatic carbocycles. The predicted octanol–water partition coefficient (Wildman–Crippen LogP) is 5.98. The first kappa shape index (κ1) is 39.0. The molecule has 6 heterocycles. The van der Waals surface area contributed by atoms with E-state index in [1.165, 1.54) is 34.6 Å². The molecular formula is C42H42FN11O5S. The number of ether oxygens (including phenoxy) is 1. The van der Waals surface area contributed by atoms with Gasteiger partial charge < -0.3 is 10.1 Å². The minimum absolute atomic E-state index is 0.00553. The molecule has 7 aromatic rings. The molecule has 0 saturated carbocycles. The number of halogens is 1. The molecule has 2 N–H and O–H groups in total. The van der Waals surface area contributed by atoms with Crippen molar-refractivity contribution in [2.45, 2.75) is 67.9 Å². The van der Waals surface area contributed by atoms with Crippen LogP contribution in [0.5, 0.6) is 5.75 Å². The molecule has 18 heteroatoms. The molecule has 0 unspecified atom stereocenters. The summed E-state index contributed by atoms with van der Waals surface area (Å²) in [4.78, 5) is 37.2. The Bertz CT molecular complexity index is 2880. The first-order valence-corrected chi connectivity index (χ1v) is 21.2. The summed E-state index contributed by atoms with van der Waals surface area (Å²) in [5.41, 5.74) is 4.54. The Kier molecular flexibility index (Phi) is 10.1. The Morgan fingerprint density at radius 3 is 2.57 bits per heavy atom. The summed E-state index contributed by atoms with van der Waals surface area (Å²) in [5.74, 6) is 0.328. The van der Waals surface area contributed by atoms with Crippen molar-refractivity contribution in [1.29, 1.82) is 0 Å². The van der Waals surface area contributed by atoms with Gasteiger partial charge in [-0.2, -0.15) is 19.7 Å². The van der Waals surface area contributed by atoms with Gasteiger partial charge in [-0.25, -0.2) is 17.8 Å². The smallest absolute Gasteiger partial charge is 0.247 e. The molecular weight excluding hydrogens is 790 g/mol. The number of amides is 1. The fraction of sp³-hybridized carbons (Fsp3) is 0.310. The second-order valence-corrected chi connectivity index (χ2v) is 17.4. The number of carbonyl (C=O) groups excluding carboxylic acids is 2. The number of ketones is 1. The quantitative estimate of drug-likeness (QED) is 0.146. The van der Waals surface area contributed by atoms with Crippen LogP contribution >= 0.6 is 0 Å². The molecule has 2 saturated heterocycles. The van der Waals surface area contributed by atoms with Gasteiger partial charge in [0.05, 0.1) is 39.7 Å². The van der Waals surface area contributed by atoms with Gasteiger partial charge in [0, 0.05) is 43.7 Å². The van der Waals surface area contributed by atoms with Crippen LogP contribution in [0.4, 0.5) is 21.8 Å². The number of aromatic amines is 1. The first-order valence-electron chi connectivity index (χ1n) is 19.7. The molecule has 16 nitrogen and oxygen atoms in total. The normalized spacial score (nSPS) is 15.8. The zero-order chi connectivity index (χ0) is 41.7. The summed E-state index contributed by atoms with van der Waals surface area (Å²) in [5, 5.41) is 19.5. The van der Waals surface area contributed by atoms with E-state index in [0.29, 0.717) is 53.9 Å². The highest BCUT2D eigenvalue weighted by Crippen LogP contribution is 2.36. The van der Waals surface area contributed by atoms with Gasteiger partial charge in [0.1, 0.15) is 23.6 Å². The first-order chi connectivity index (χ1) is 28.9. The van der Waals surface area contributed by atoms with Crippen LogP contribution in [0.15, 0.2) is 89.2 Å². The molecule has 0 aliphatic carbocycles. The Morgan fingerprint density at radius 1 is 1.00 bits per heavy atom. The van der Waals surface area contributed by atoms with Gasteiger partial charge in [-0.1, -0.05) is 18.2 Å². The van der Waals surface area contributed by atoms with Crippen LogP contribution in [0, 0.1) is 5.82 Å². The van der Waals surface area contributed by atoms with E-state index in [-0.39, 0.29) is 45.6 Å². The zero-order valence-electron chi connectivity index (χ0n) is 33.2. The van der Waals surface area contributed by atoms with E-state index in [0.717, 1.165) is 48.5 Å². The van der Waals surface area contributed by atoms with E-state index in [4.69, 9.17) is 4.74 Å². The third-order valence-electron chi connectivity index (χ3n) is 11.0. The molecule has 2 aliphatic rings. The van der Waals surface area contributed by atoms with Crippen molar-refractivity contribution in [2.75, 3.05) is 29.9 Å². The number of anilines is 3. The van der Waals surface area contributed by atoms with Crippen molar-refractivity contribution in [3.8, 4) is 17.0 Å². The van der Waals surface area contributed by atoms with E-state index < -0.39 is 15.7 Å². The highest BCUT2D eigenvalue weighted by atomic mass is 32.2. The molecule has 60 heavy (non-hydrogen) atoms. The number of likely N-dealkylation sites (tertiary alicyclic amines) is 1. The number of H-pyrrole nitrogens is 1. The predicted molar refractivity (Wildman–Crippen MR) is 220 cm³/mol. The van der Waals surface area contributed by atoms with Gasteiger partial charge in [0.25, 0.3) is 0 Å². The standard InChI is InChI=1S/C42H42FN11O5S/c1-25(2)59-39-38(29-21-45-46-22-29)44-24-54-41(39)48-42(50-54)47-35-10-8-32(20-34(35)43)60(57,58)31-6-4-5-26(17-31)23-52-14-11-27(12-15-52)28-7-9-33-36(18-28)51(3)49-40(33)53-16-13-30(55)19-37(53)56/h4-10,17-18,20-22,24-25,27H,11-16,19,23H2,1-3H3,(H,45,46)(H,47,50). The number of aryl methyl sites for hydroxylation is 1. The highest BCUT2D eigenvalue weighted by molar-refractivity contribution is 7.91. The monoisotopic (exact) mass is 831 g/mol. The number of piperidine rings is 2. The van der Waals surface area contributed by atoms with E-state index in [2.05, 4.69) is 52.7 Å². The number of carbonyl (C=O) groups is 2. The van der Waals surface area contributed by atoms with Crippen LogP contribution in [-0.2, 0) is 33.0 Å². The van der Waals surface area contributed by atoms with Gasteiger partial charge in [0.15, 0.2) is 11.6 Å². The Labute approximate surface area is 344 Å². The number of nitrogens with one attached hydrogen (secondary N) is 2.